The molecular formula is C13H29NO3. The van der Waals surface area contributed by atoms with E-state index in [0.717, 1.165) is 17.8 Å². The Bertz CT molecular complexity index is 171. The normalized spacial score (nSPS) is 10.6. The van der Waals surface area contributed by atoms with Gasteiger partial charge in [-0.15, -0.1) is 0 Å². The Labute approximate surface area is 106 Å². The smallest absolute Gasteiger partial charge is 0.183 e. The summed E-state index contributed by atoms with van der Waals surface area (Å²) >= 11 is 0. The van der Waals surface area contributed by atoms with Crippen LogP contribution >= 0.6 is 0 Å². The van der Waals surface area contributed by atoms with Crippen molar-refractivity contribution in [3.05, 3.63) is 0 Å². The second-order valence-corrected chi connectivity index (χ2v) is 4.03. The van der Waals surface area contributed by atoms with Crippen LogP contribution in [-0.4, -0.2) is 43.4 Å². The molecule has 0 heterocycles. The molecule has 0 radical (unpaired) electrons. The fraction of sp³-hybridized carbons (Fsp3) is 0.923. The van der Waals surface area contributed by atoms with E-state index < -0.39 is 5.97 Å². The molecule has 0 atom stereocenters. The van der Waals surface area contributed by atoms with E-state index in [2.05, 4.69) is 27.7 Å². The topological polar surface area (TPSA) is 49.4 Å². The van der Waals surface area contributed by atoms with Gasteiger partial charge in [-0.3, -0.25) is 0 Å². The first-order valence-electron chi connectivity index (χ1n) is 6.64. The van der Waals surface area contributed by atoms with Crippen molar-refractivity contribution in [2.75, 3.05) is 33.0 Å². The molecule has 0 saturated carbocycles. The van der Waals surface area contributed by atoms with Crippen molar-refractivity contribution in [2.45, 2.75) is 47.5 Å². The van der Waals surface area contributed by atoms with Gasteiger partial charge in [0.2, 0.25) is 0 Å². The molecule has 0 unspecified atom stereocenters. The molecule has 0 rings (SSSR count). The second-order valence-electron chi connectivity index (χ2n) is 4.03. The zero-order valence-corrected chi connectivity index (χ0v) is 12.1. The lowest BCUT2D eigenvalue weighted by Crippen LogP contribution is -2.49. The molecule has 0 aliphatic carbocycles. The number of hydrogen-bond donors (Lipinski definition) is 0. The average molecular weight is 247 g/mol. The maximum atomic E-state index is 9.49. The summed E-state index contributed by atoms with van der Waals surface area (Å²) in [7, 11) is 0. The van der Waals surface area contributed by atoms with Crippen LogP contribution in [0.4, 0.5) is 0 Å². The highest BCUT2D eigenvalue weighted by Crippen LogP contribution is 2.05. The minimum Gasteiger partial charge on any atom is -0.550 e. The zero-order chi connectivity index (χ0) is 13.7. The molecule has 0 aromatic rings. The van der Waals surface area contributed by atoms with Crippen LogP contribution < -0.4 is 5.11 Å². The summed E-state index contributed by atoms with van der Waals surface area (Å²) < 4.78 is 6.54. The summed E-state index contributed by atoms with van der Waals surface area (Å²) in [5.74, 6) is -0.961. The summed E-state index contributed by atoms with van der Waals surface area (Å²) in [5, 5.41) is 9.49. The van der Waals surface area contributed by atoms with Crippen LogP contribution in [-0.2, 0) is 9.53 Å². The minimum atomic E-state index is -0.961. The van der Waals surface area contributed by atoms with Gasteiger partial charge in [-0.2, -0.15) is 0 Å². The molecule has 0 aromatic carbocycles. The quantitative estimate of drug-likeness (QED) is 0.481. The number of aliphatic carboxylic acids is 1. The van der Waals surface area contributed by atoms with Gasteiger partial charge in [0.15, 0.2) is 6.73 Å². The number of nitrogens with zero attached hydrogens (tertiary/aromatic N) is 1. The number of quaternary nitrogens is 1. The Morgan fingerprint density at radius 1 is 1.06 bits per heavy atom. The molecule has 17 heavy (non-hydrogen) atoms. The number of ether oxygens (including phenoxy) is 1. The standard InChI is InChI=1S/C9H22NO.C4H8O2/c1-5-10(6-2,7-3)9-11-8-4;1-2-3-4(5)6/h5-9H2,1-4H3;2-3H2,1H3,(H,5,6)/q+1;/p-1. The van der Waals surface area contributed by atoms with Crippen LogP contribution in [0, 0.1) is 0 Å². The van der Waals surface area contributed by atoms with Crippen molar-refractivity contribution < 1.29 is 19.1 Å². The lowest BCUT2D eigenvalue weighted by atomic mass is 10.4. The number of carbonyl (C=O) groups is 1. The van der Waals surface area contributed by atoms with Gasteiger partial charge in [-0.05, 0) is 34.1 Å². The molecule has 0 spiro atoms. The Hall–Kier alpha value is -0.610. The predicted octanol–water partition coefficient (Wildman–Crippen LogP) is 1.39. The highest BCUT2D eigenvalue weighted by molar-refractivity contribution is 5.63. The minimum absolute atomic E-state index is 0.181. The van der Waals surface area contributed by atoms with Gasteiger partial charge in [0, 0.05) is 12.6 Å². The summed E-state index contributed by atoms with van der Waals surface area (Å²) in [6.07, 6.45) is 0.850. The Morgan fingerprint density at radius 3 is 1.71 bits per heavy atom. The molecule has 0 N–H and O–H groups in total. The molecule has 0 bridgehead atoms. The first-order valence-corrected chi connectivity index (χ1v) is 6.64. The molecule has 0 aromatic heterocycles. The van der Waals surface area contributed by atoms with Crippen LogP contribution in [0.5, 0.6) is 0 Å². The fourth-order valence-electron chi connectivity index (χ4n) is 1.43. The van der Waals surface area contributed by atoms with Gasteiger partial charge in [0.05, 0.1) is 19.6 Å². The van der Waals surface area contributed by atoms with Crippen LogP contribution in [0.3, 0.4) is 0 Å². The van der Waals surface area contributed by atoms with E-state index in [-0.39, 0.29) is 6.42 Å². The summed E-state index contributed by atoms with van der Waals surface area (Å²) in [6.45, 7) is 15.8. The Balaban J connectivity index is 0. The highest BCUT2D eigenvalue weighted by atomic mass is 16.5. The van der Waals surface area contributed by atoms with Crippen LogP contribution in [0.1, 0.15) is 47.5 Å². The highest BCUT2D eigenvalue weighted by Gasteiger charge is 2.19. The summed E-state index contributed by atoms with van der Waals surface area (Å²) in [5.41, 5.74) is 0. The van der Waals surface area contributed by atoms with Crippen molar-refractivity contribution in [1.29, 1.82) is 0 Å². The third-order valence-electron chi connectivity index (χ3n) is 3.04. The first kappa shape index (κ1) is 18.7. The largest absolute Gasteiger partial charge is 0.550 e. The Morgan fingerprint density at radius 2 is 1.53 bits per heavy atom. The summed E-state index contributed by atoms with van der Waals surface area (Å²) in [4.78, 5) is 9.49. The number of carboxylic acid groups (broad SMARTS) is 1. The van der Waals surface area contributed by atoms with Gasteiger partial charge in [-0.25, -0.2) is 0 Å². The maximum absolute atomic E-state index is 9.49. The molecule has 0 aliphatic rings. The van der Waals surface area contributed by atoms with E-state index in [4.69, 9.17) is 4.74 Å². The molecular weight excluding hydrogens is 218 g/mol. The van der Waals surface area contributed by atoms with Crippen LogP contribution in [0.15, 0.2) is 0 Å². The van der Waals surface area contributed by atoms with Gasteiger partial charge >= 0.3 is 0 Å². The average Bonchev–Trinajstić information content (AvgIpc) is 2.32. The zero-order valence-electron chi connectivity index (χ0n) is 12.1. The first-order chi connectivity index (χ1) is 8.01. The molecule has 0 amide bonds. The van der Waals surface area contributed by atoms with Gasteiger partial charge in [0.1, 0.15) is 0 Å². The SMILES string of the molecule is CCCC(=O)[O-].CCOC[N+](CC)(CC)CC. The van der Waals surface area contributed by atoms with Crippen LogP contribution in [0.2, 0.25) is 0 Å². The molecule has 104 valence electrons. The molecule has 4 nitrogen and oxygen atoms in total. The predicted molar refractivity (Wildman–Crippen MR) is 68.3 cm³/mol. The van der Waals surface area contributed by atoms with Crippen LogP contribution in [0.25, 0.3) is 0 Å². The number of rotatable bonds is 8. The Kier molecular flexibility index (Phi) is 13.1. The van der Waals surface area contributed by atoms with Crippen molar-refractivity contribution >= 4 is 5.97 Å². The monoisotopic (exact) mass is 247 g/mol. The van der Waals surface area contributed by atoms with Crippen molar-refractivity contribution in [2.24, 2.45) is 0 Å². The fourth-order valence-corrected chi connectivity index (χ4v) is 1.43. The maximum Gasteiger partial charge on any atom is 0.183 e. The van der Waals surface area contributed by atoms with Crippen molar-refractivity contribution in [3.63, 3.8) is 0 Å². The third-order valence-corrected chi connectivity index (χ3v) is 3.04. The van der Waals surface area contributed by atoms with Gasteiger partial charge < -0.3 is 19.1 Å². The second kappa shape index (κ2) is 11.9. The molecule has 0 saturated heterocycles. The lowest BCUT2D eigenvalue weighted by Gasteiger charge is -2.34. The molecule has 4 heteroatoms. The van der Waals surface area contributed by atoms with E-state index in [1.165, 1.54) is 19.6 Å². The van der Waals surface area contributed by atoms with E-state index in [1.807, 2.05) is 0 Å². The van der Waals surface area contributed by atoms with E-state index in [0.29, 0.717) is 6.42 Å². The molecule has 0 fully saturated rings. The number of carboxylic acids is 1. The van der Waals surface area contributed by atoms with E-state index in [1.54, 1.807) is 6.92 Å². The van der Waals surface area contributed by atoms with Gasteiger partial charge in [-0.1, -0.05) is 13.3 Å². The van der Waals surface area contributed by atoms with Gasteiger partial charge in [0.25, 0.3) is 0 Å². The third kappa shape index (κ3) is 10.3. The summed E-state index contributed by atoms with van der Waals surface area (Å²) in [6, 6.07) is 0. The van der Waals surface area contributed by atoms with E-state index >= 15 is 0 Å². The number of carbonyl (C=O) groups excluding carboxylic acids is 1. The molecule has 0 aliphatic heterocycles. The number of hydrogen-bond acceptors (Lipinski definition) is 3. The lowest BCUT2D eigenvalue weighted by molar-refractivity contribution is -0.941. The van der Waals surface area contributed by atoms with E-state index in [9.17, 15) is 9.90 Å². The van der Waals surface area contributed by atoms with Crippen molar-refractivity contribution in [3.8, 4) is 0 Å². The van der Waals surface area contributed by atoms with Crippen molar-refractivity contribution in [1.82, 2.24) is 0 Å².